The highest BCUT2D eigenvalue weighted by atomic mass is 16.5. The van der Waals surface area contributed by atoms with Crippen molar-refractivity contribution in [3.63, 3.8) is 0 Å². The minimum atomic E-state index is -0.570. The summed E-state index contributed by atoms with van der Waals surface area (Å²) in [6.45, 7) is 2.01. The van der Waals surface area contributed by atoms with Crippen LogP contribution in [0, 0.1) is 0 Å². The van der Waals surface area contributed by atoms with Gasteiger partial charge in [0.1, 0.15) is 0 Å². The van der Waals surface area contributed by atoms with Gasteiger partial charge in [-0.1, -0.05) is 66.7 Å². The molecule has 2 N–H and O–H groups in total. The number of hydrogen-bond donors (Lipinski definition) is 2. The molecule has 0 spiro atoms. The molecular weight excluding hydrogens is 328 g/mol. The van der Waals surface area contributed by atoms with E-state index in [1.807, 2.05) is 66.7 Å². The molecule has 0 aliphatic carbocycles. The van der Waals surface area contributed by atoms with Crippen LogP contribution in [-0.2, 0) is 9.53 Å². The number of nitrogens with one attached hydrogen (secondary N) is 2. The van der Waals surface area contributed by atoms with E-state index >= 15 is 0 Å². The molecule has 0 aromatic heterocycles. The predicted octanol–water partition coefficient (Wildman–Crippen LogP) is 3.57. The Hall–Kier alpha value is -3.34. The van der Waals surface area contributed by atoms with Gasteiger partial charge in [-0.3, -0.25) is 0 Å². The van der Waals surface area contributed by atoms with Crippen molar-refractivity contribution in [3.8, 4) is 0 Å². The molecule has 0 fully saturated rings. The molecule has 0 saturated carbocycles. The quantitative estimate of drug-likeness (QED) is 0.812. The number of carbonyl (C=O) groups excluding carboxylic acids is 2. The lowest BCUT2D eigenvalue weighted by atomic mass is 9.95. The molecule has 1 heterocycles. The minimum absolute atomic E-state index is 0.257. The third-order valence-electron chi connectivity index (χ3n) is 3.97. The zero-order valence-electron chi connectivity index (χ0n) is 14.4. The number of ether oxygens (including phenoxy) is 1. The van der Waals surface area contributed by atoms with Gasteiger partial charge < -0.3 is 15.4 Å². The number of amides is 2. The van der Waals surface area contributed by atoms with Gasteiger partial charge in [0.15, 0.2) is 0 Å². The smallest absolute Gasteiger partial charge is 0.338 e. The number of rotatable bonds is 5. The molecule has 2 aromatic carbocycles. The first-order valence-corrected chi connectivity index (χ1v) is 8.46. The summed E-state index contributed by atoms with van der Waals surface area (Å²) in [5.41, 5.74) is 2.60. The molecule has 1 aliphatic rings. The summed E-state index contributed by atoms with van der Waals surface area (Å²) in [6.07, 6.45) is 3.58. The molecule has 3 rings (SSSR count). The van der Waals surface area contributed by atoms with Gasteiger partial charge in [-0.15, -0.1) is 0 Å². The molecule has 26 heavy (non-hydrogen) atoms. The molecule has 132 valence electrons. The van der Waals surface area contributed by atoms with Crippen molar-refractivity contribution in [1.29, 1.82) is 0 Å². The normalized spacial score (nSPS) is 17.0. The van der Waals surface area contributed by atoms with Crippen molar-refractivity contribution in [3.05, 3.63) is 89.1 Å². The Balaban J connectivity index is 2.05. The van der Waals surface area contributed by atoms with E-state index in [9.17, 15) is 9.59 Å². The van der Waals surface area contributed by atoms with E-state index in [0.717, 1.165) is 11.1 Å². The molecule has 0 bridgehead atoms. The van der Waals surface area contributed by atoms with Crippen LogP contribution in [0.15, 0.2) is 78.0 Å². The average molecular weight is 348 g/mol. The monoisotopic (exact) mass is 348 g/mol. The Morgan fingerprint density at radius 1 is 1.04 bits per heavy atom. The van der Waals surface area contributed by atoms with Crippen LogP contribution in [0.1, 0.15) is 24.1 Å². The topological polar surface area (TPSA) is 67.4 Å². The molecule has 1 atom stereocenters. The van der Waals surface area contributed by atoms with Crippen molar-refractivity contribution in [1.82, 2.24) is 10.6 Å². The van der Waals surface area contributed by atoms with Crippen molar-refractivity contribution < 1.29 is 14.3 Å². The summed E-state index contributed by atoms with van der Waals surface area (Å²) in [7, 11) is 0. The SMILES string of the molecule is CCOC(=O)C1=C(/C=C\c2ccccc2)NC(=O)N[C@@H]1c1ccccc1. The van der Waals surface area contributed by atoms with Gasteiger partial charge in [-0.25, -0.2) is 9.59 Å². The fraction of sp³-hybridized carbons (Fsp3) is 0.143. The van der Waals surface area contributed by atoms with E-state index in [1.165, 1.54) is 0 Å². The lowest BCUT2D eigenvalue weighted by Crippen LogP contribution is -2.45. The molecule has 5 heteroatoms. The third kappa shape index (κ3) is 4.00. The van der Waals surface area contributed by atoms with Crippen molar-refractivity contribution >= 4 is 18.1 Å². The lowest BCUT2D eigenvalue weighted by Gasteiger charge is -2.28. The van der Waals surface area contributed by atoms with Gasteiger partial charge in [0, 0.05) is 0 Å². The lowest BCUT2D eigenvalue weighted by molar-refractivity contribution is -0.139. The standard InChI is InChI=1S/C21H20N2O3/c1-2-26-20(24)18-17(14-13-15-9-5-3-6-10-15)22-21(25)23-19(18)16-11-7-4-8-12-16/h3-14,19H,2H2,1H3,(H2,22,23,25)/b14-13-/t19-/m1/s1. The number of carbonyl (C=O) groups is 2. The summed E-state index contributed by atoms with van der Waals surface area (Å²) >= 11 is 0. The van der Waals surface area contributed by atoms with Crippen molar-refractivity contribution in [2.75, 3.05) is 6.61 Å². The van der Waals surface area contributed by atoms with Gasteiger partial charge in [0.2, 0.25) is 0 Å². The summed E-state index contributed by atoms with van der Waals surface area (Å²) in [5, 5.41) is 5.53. The van der Waals surface area contributed by atoms with E-state index in [-0.39, 0.29) is 12.6 Å². The highest BCUT2D eigenvalue weighted by molar-refractivity contribution is 5.96. The second kappa shape index (κ2) is 8.16. The van der Waals surface area contributed by atoms with Crippen LogP contribution in [0.2, 0.25) is 0 Å². The second-order valence-corrected chi connectivity index (χ2v) is 5.73. The summed E-state index contributed by atoms with van der Waals surface area (Å²) < 4.78 is 5.23. The van der Waals surface area contributed by atoms with Gasteiger partial charge in [0.05, 0.1) is 23.9 Å². The molecule has 0 saturated heterocycles. The Kier molecular flexibility index (Phi) is 5.49. The molecule has 0 radical (unpaired) electrons. The van der Waals surface area contributed by atoms with Gasteiger partial charge in [0.25, 0.3) is 0 Å². The maximum absolute atomic E-state index is 12.6. The number of allylic oxidation sites excluding steroid dienone is 1. The van der Waals surface area contributed by atoms with E-state index in [1.54, 1.807) is 13.0 Å². The second-order valence-electron chi connectivity index (χ2n) is 5.73. The van der Waals surface area contributed by atoms with Crippen molar-refractivity contribution in [2.24, 2.45) is 0 Å². The maximum Gasteiger partial charge on any atom is 0.338 e. The first kappa shape index (κ1) is 17.5. The Morgan fingerprint density at radius 2 is 1.69 bits per heavy atom. The molecule has 2 amide bonds. The Morgan fingerprint density at radius 3 is 2.35 bits per heavy atom. The Bertz CT molecular complexity index is 842. The zero-order valence-corrected chi connectivity index (χ0v) is 14.4. The first-order chi connectivity index (χ1) is 12.7. The predicted molar refractivity (Wildman–Crippen MR) is 100.0 cm³/mol. The summed E-state index contributed by atoms with van der Waals surface area (Å²) in [6, 6.07) is 18.1. The summed E-state index contributed by atoms with van der Waals surface area (Å²) in [4.78, 5) is 24.8. The number of hydrogen-bond acceptors (Lipinski definition) is 3. The zero-order chi connectivity index (χ0) is 18.4. The Labute approximate surface area is 152 Å². The van der Waals surface area contributed by atoms with Crippen LogP contribution in [0.25, 0.3) is 6.08 Å². The van der Waals surface area contributed by atoms with Crippen LogP contribution in [0.4, 0.5) is 4.79 Å². The maximum atomic E-state index is 12.6. The third-order valence-corrected chi connectivity index (χ3v) is 3.97. The van der Waals surface area contributed by atoms with E-state index in [2.05, 4.69) is 10.6 Å². The van der Waals surface area contributed by atoms with Gasteiger partial charge >= 0.3 is 12.0 Å². The van der Waals surface area contributed by atoms with E-state index in [0.29, 0.717) is 11.3 Å². The van der Waals surface area contributed by atoms with Crippen LogP contribution in [0.3, 0.4) is 0 Å². The highest BCUT2D eigenvalue weighted by Gasteiger charge is 2.32. The molecular formula is C21H20N2O3. The van der Waals surface area contributed by atoms with Crippen molar-refractivity contribution in [2.45, 2.75) is 13.0 Å². The molecule has 1 aliphatic heterocycles. The number of esters is 1. The average Bonchev–Trinajstić information content (AvgIpc) is 2.67. The van der Waals surface area contributed by atoms with Crippen LogP contribution in [0.5, 0.6) is 0 Å². The molecule has 5 nitrogen and oxygen atoms in total. The summed E-state index contributed by atoms with van der Waals surface area (Å²) in [5.74, 6) is -0.457. The van der Waals surface area contributed by atoms with Crippen LogP contribution >= 0.6 is 0 Å². The van der Waals surface area contributed by atoms with Crippen LogP contribution in [-0.4, -0.2) is 18.6 Å². The highest BCUT2D eigenvalue weighted by Crippen LogP contribution is 2.28. The van der Waals surface area contributed by atoms with Crippen LogP contribution < -0.4 is 10.6 Å². The fourth-order valence-electron chi connectivity index (χ4n) is 2.79. The fourth-order valence-corrected chi connectivity index (χ4v) is 2.79. The van der Waals surface area contributed by atoms with E-state index in [4.69, 9.17) is 4.74 Å². The molecule has 2 aromatic rings. The largest absolute Gasteiger partial charge is 0.463 e. The number of urea groups is 1. The first-order valence-electron chi connectivity index (χ1n) is 8.46. The number of benzene rings is 2. The minimum Gasteiger partial charge on any atom is -0.463 e. The van der Waals surface area contributed by atoms with Gasteiger partial charge in [-0.05, 0) is 24.1 Å². The van der Waals surface area contributed by atoms with Gasteiger partial charge in [-0.2, -0.15) is 0 Å². The molecule has 0 unspecified atom stereocenters. The van der Waals surface area contributed by atoms with E-state index < -0.39 is 12.0 Å².